The summed E-state index contributed by atoms with van der Waals surface area (Å²) in [7, 11) is 0. The van der Waals surface area contributed by atoms with Gasteiger partial charge in [-0.2, -0.15) is 0 Å². The summed E-state index contributed by atoms with van der Waals surface area (Å²) < 4.78 is 5.36. The molecule has 0 spiro atoms. The summed E-state index contributed by atoms with van der Waals surface area (Å²) in [5.41, 5.74) is 4.98. The van der Waals surface area contributed by atoms with Gasteiger partial charge in [-0.15, -0.1) is 0 Å². The third kappa shape index (κ3) is 6.80. The van der Waals surface area contributed by atoms with Crippen molar-refractivity contribution in [1.29, 1.82) is 0 Å². The molecule has 0 aliphatic carbocycles. The fraction of sp³-hybridized carbons (Fsp3) is 0.917. The van der Waals surface area contributed by atoms with Crippen molar-refractivity contribution in [3.63, 3.8) is 0 Å². The summed E-state index contributed by atoms with van der Waals surface area (Å²) in [5, 5.41) is 3.19. The van der Waals surface area contributed by atoms with Crippen molar-refractivity contribution in [2.24, 2.45) is 11.7 Å². The first-order chi connectivity index (χ1) is 7.28. The molecule has 0 saturated carbocycles. The molecule has 0 fully saturated rings. The Morgan fingerprint density at radius 2 is 1.94 bits per heavy atom. The van der Waals surface area contributed by atoms with Gasteiger partial charge in [-0.25, -0.2) is 0 Å². The molecular formula is C12H26N2O2. The highest BCUT2D eigenvalue weighted by Gasteiger charge is 2.26. The van der Waals surface area contributed by atoms with E-state index in [4.69, 9.17) is 10.5 Å². The fourth-order valence-corrected chi connectivity index (χ4v) is 1.32. The van der Waals surface area contributed by atoms with Gasteiger partial charge in [0.25, 0.3) is 0 Å². The zero-order chi connectivity index (χ0) is 12.8. The highest BCUT2D eigenvalue weighted by Crippen LogP contribution is 2.12. The minimum atomic E-state index is -0.431. The average Bonchev–Trinajstić information content (AvgIpc) is 2.08. The molecule has 4 nitrogen and oxygen atoms in total. The molecule has 3 N–H and O–H groups in total. The van der Waals surface area contributed by atoms with Gasteiger partial charge in [-0.1, -0.05) is 13.8 Å². The molecule has 0 aromatic carbocycles. The Balaban J connectivity index is 4.25. The standard InChI is InChI=1S/C12H26N2O2/c1-9(2)10(14-8-6-7-13)11(15)16-12(3,4)5/h9-10,14H,6-8,13H2,1-5H3/t10-/m0/s1. The molecule has 0 aromatic rings. The van der Waals surface area contributed by atoms with E-state index in [0.29, 0.717) is 6.54 Å². The highest BCUT2D eigenvalue weighted by atomic mass is 16.6. The van der Waals surface area contributed by atoms with E-state index >= 15 is 0 Å². The maximum atomic E-state index is 11.9. The van der Waals surface area contributed by atoms with Crippen LogP contribution in [-0.2, 0) is 9.53 Å². The van der Waals surface area contributed by atoms with Crippen LogP contribution in [0.2, 0.25) is 0 Å². The van der Waals surface area contributed by atoms with Gasteiger partial charge in [0.2, 0.25) is 0 Å². The van der Waals surface area contributed by atoms with Crippen molar-refractivity contribution in [3.05, 3.63) is 0 Å². The van der Waals surface area contributed by atoms with Crippen LogP contribution < -0.4 is 11.1 Å². The van der Waals surface area contributed by atoms with Crippen LogP contribution in [0.5, 0.6) is 0 Å². The van der Waals surface area contributed by atoms with Gasteiger partial charge < -0.3 is 15.8 Å². The molecule has 16 heavy (non-hydrogen) atoms. The van der Waals surface area contributed by atoms with E-state index in [0.717, 1.165) is 13.0 Å². The van der Waals surface area contributed by atoms with E-state index in [2.05, 4.69) is 5.32 Å². The largest absolute Gasteiger partial charge is 0.459 e. The maximum absolute atomic E-state index is 11.9. The normalized spacial score (nSPS) is 13.9. The molecule has 0 saturated heterocycles. The lowest BCUT2D eigenvalue weighted by molar-refractivity contribution is -0.158. The Morgan fingerprint density at radius 3 is 2.31 bits per heavy atom. The van der Waals surface area contributed by atoms with Gasteiger partial charge in [0.1, 0.15) is 11.6 Å². The maximum Gasteiger partial charge on any atom is 0.323 e. The molecule has 0 amide bonds. The van der Waals surface area contributed by atoms with Crippen LogP contribution in [0.25, 0.3) is 0 Å². The molecule has 0 radical (unpaired) electrons. The summed E-state index contributed by atoms with van der Waals surface area (Å²) in [6, 6.07) is -0.245. The van der Waals surface area contributed by atoms with E-state index in [1.165, 1.54) is 0 Å². The molecule has 0 heterocycles. The van der Waals surface area contributed by atoms with Crippen LogP contribution in [-0.4, -0.2) is 30.7 Å². The molecule has 0 aromatic heterocycles. The second-order valence-corrected chi connectivity index (χ2v) is 5.35. The van der Waals surface area contributed by atoms with Gasteiger partial charge in [0, 0.05) is 0 Å². The lowest BCUT2D eigenvalue weighted by Gasteiger charge is -2.26. The molecule has 96 valence electrons. The number of hydrogen-bond acceptors (Lipinski definition) is 4. The second-order valence-electron chi connectivity index (χ2n) is 5.35. The van der Waals surface area contributed by atoms with Crippen molar-refractivity contribution < 1.29 is 9.53 Å². The van der Waals surface area contributed by atoms with Crippen molar-refractivity contribution in [1.82, 2.24) is 5.32 Å². The lowest BCUT2D eigenvalue weighted by atomic mass is 10.0. The fourth-order valence-electron chi connectivity index (χ4n) is 1.32. The molecule has 0 bridgehead atoms. The Kier molecular flexibility index (Phi) is 6.60. The number of carbonyl (C=O) groups is 1. The molecule has 0 unspecified atom stereocenters. The van der Waals surface area contributed by atoms with Gasteiger partial charge >= 0.3 is 5.97 Å². The first-order valence-corrected chi connectivity index (χ1v) is 5.94. The van der Waals surface area contributed by atoms with Crippen LogP contribution in [0, 0.1) is 5.92 Å². The monoisotopic (exact) mass is 230 g/mol. The highest BCUT2D eigenvalue weighted by molar-refractivity contribution is 5.76. The Hall–Kier alpha value is -0.610. The number of nitrogens with one attached hydrogen (secondary N) is 1. The number of ether oxygens (including phenoxy) is 1. The minimum absolute atomic E-state index is 0.181. The summed E-state index contributed by atoms with van der Waals surface area (Å²) >= 11 is 0. The number of nitrogens with two attached hydrogens (primary N) is 1. The van der Waals surface area contributed by atoms with Crippen molar-refractivity contribution in [2.75, 3.05) is 13.1 Å². The van der Waals surface area contributed by atoms with Crippen LogP contribution in [0.1, 0.15) is 41.0 Å². The molecule has 4 heteroatoms. The first-order valence-electron chi connectivity index (χ1n) is 5.94. The molecule has 1 atom stereocenters. The minimum Gasteiger partial charge on any atom is -0.459 e. The van der Waals surface area contributed by atoms with Crippen molar-refractivity contribution >= 4 is 5.97 Å². The predicted octanol–water partition coefficient (Wildman–Crippen LogP) is 1.29. The van der Waals surface area contributed by atoms with E-state index in [-0.39, 0.29) is 17.9 Å². The zero-order valence-electron chi connectivity index (χ0n) is 11.2. The SMILES string of the molecule is CC(C)[C@H](NCCCN)C(=O)OC(C)(C)C. The number of rotatable bonds is 6. The van der Waals surface area contributed by atoms with Crippen molar-refractivity contribution in [3.8, 4) is 0 Å². The van der Waals surface area contributed by atoms with E-state index < -0.39 is 5.60 Å². The third-order valence-corrected chi connectivity index (χ3v) is 2.07. The van der Waals surface area contributed by atoms with Crippen LogP contribution in [0.15, 0.2) is 0 Å². The van der Waals surface area contributed by atoms with Gasteiger partial charge in [-0.3, -0.25) is 4.79 Å². The molecular weight excluding hydrogens is 204 g/mol. The Bertz CT molecular complexity index is 210. The van der Waals surface area contributed by atoms with Gasteiger partial charge in [-0.05, 0) is 46.2 Å². The van der Waals surface area contributed by atoms with Crippen LogP contribution >= 0.6 is 0 Å². The predicted molar refractivity (Wildman–Crippen MR) is 66.1 cm³/mol. The summed E-state index contributed by atoms with van der Waals surface area (Å²) in [6.07, 6.45) is 0.867. The molecule has 0 rings (SSSR count). The van der Waals surface area contributed by atoms with E-state index in [9.17, 15) is 4.79 Å². The summed E-state index contributed by atoms with van der Waals surface area (Å²) in [6.45, 7) is 11.0. The Labute approximate surface area is 98.9 Å². The van der Waals surface area contributed by atoms with Gasteiger partial charge in [0.05, 0.1) is 0 Å². The Morgan fingerprint density at radius 1 is 1.38 bits per heavy atom. The van der Waals surface area contributed by atoms with E-state index in [1.54, 1.807) is 0 Å². The van der Waals surface area contributed by atoms with E-state index in [1.807, 2.05) is 34.6 Å². The van der Waals surface area contributed by atoms with Gasteiger partial charge in [0.15, 0.2) is 0 Å². The average molecular weight is 230 g/mol. The molecule has 0 aliphatic rings. The zero-order valence-corrected chi connectivity index (χ0v) is 11.2. The second kappa shape index (κ2) is 6.86. The topological polar surface area (TPSA) is 64.3 Å². The quantitative estimate of drug-likeness (QED) is 0.533. The lowest BCUT2D eigenvalue weighted by Crippen LogP contribution is -2.45. The van der Waals surface area contributed by atoms with Crippen LogP contribution in [0.3, 0.4) is 0 Å². The first kappa shape index (κ1) is 15.4. The smallest absolute Gasteiger partial charge is 0.323 e. The van der Waals surface area contributed by atoms with Crippen molar-refractivity contribution in [2.45, 2.75) is 52.7 Å². The summed E-state index contributed by atoms with van der Waals surface area (Å²) in [5.74, 6) is 0.0344. The number of carbonyl (C=O) groups excluding carboxylic acids is 1. The third-order valence-electron chi connectivity index (χ3n) is 2.07. The number of esters is 1. The summed E-state index contributed by atoms with van der Waals surface area (Å²) in [4.78, 5) is 11.9. The number of hydrogen-bond donors (Lipinski definition) is 2. The molecule has 0 aliphatic heterocycles. The van der Waals surface area contributed by atoms with Crippen LogP contribution in [0.4, 0.5) is 0 Å².